The first kappa shape index (κ1) is 23.0. The molecular weight excluding hydrogens is 480 g/mol. The van der Waals surface area contributed by atoms with Gasteiger partial charge in [0.1, 0.15) is 0 Å². The minimum Gasteiger partial charge on any atom is -0.0767 e. The highest BCUT2D eigenvalue weighted by molar-refractivity contribution is 6.08. The standard InChI is InChI=1S/C40H28/c1-3-12-35-28(8-1)20-21-29-22-23-33(25-39(29)35)32-11-7-10-31(24-32)27-16-18-30(19-17-27)40-26-34-9-2-4-13-36(34)37-14-5-6-15-38(37)40/h1-26,34,36H. The average molecular weight is 509 g/mol. The monoisotopic (exact) mass is 508 g/mol. The van der Waals surface area contributed by atoms with Crippen LogP contribution >= 0.6 is 0 Å². The van der Waals surface area contributed by atoms with E-state index in [9.17, 15) is 0 Å². The van der Waals surface area contributed by atoms with Gasteiger partial charge in [-0.1, -0.05) is 146 Å². The third-order valence-corrected chi connectivity index (χ3v) is 8.62. The molecule has 2 unspecified atom stereocenters. The molecule has 0 heteroatoms. The highest BCUT2D eigenvalue weighted by atomic mass is 14.3. The zero-order valence-electron chi connectivity index (χ0n) is 22.2. The number of hydrogen-bond acceptors (Lipinski definition) is 0. The molecule has 0 spiro atoms. The van der Waals surface area contributed by atoms with Gasteiger partial charge in [0.05, 0.1) is 0 Å². The molecular formula is C40H28. The van der Waals surface area contributed by atoms with Crippen LogP contribution < -0.4 is 0 Å². The largest absolute Gasteiger partial charge is 0.0767 e. The lowest BCUT2D eigenvalue weighted by Crippen LogP contribution is -2.16. The fraction of sp³-hybridized carbons (Fsp3) is 0.0500. The van der Waals surface area contributed by atoms with Crippen LogP contribution in [0.5, 0.6) is 0 Å². The number of fused-ring (bicyclic) bond motifs is 6. The molecule has 0 aliphatic heterocycles. The lowest BCUT2D eigenvalue weighted by atomic mass is 9.73. The SMILES string of the molecule is C1=CC2C=C(c3ccc(-c4cccc(-c5ccc6ccc7ccccc7c6c5)c4)cc3)c3ccccc3C2C=C1. The van der Waals surface area contributed by atoms with Gasteiger partial charge in [-0.05, 0) is 78.2 Å². The van der Waals surface area contributed by atoms with E-state index in [1.165, 1.54) is 66.1 Å². The van der Waals surface area contributed by atoms with Gasteiger partial charge in [0.25, 0.3) is 0 Å². The summed E-state index contributed by atoms with van der Waals surface area (Å²) in [7, 11) is 0. The lowest BCUT2D eigenvalue weighted by Gasteiger charge is -2.31. The summed E-state index contributed by atoms with van der Waals surface area (Å²) in [5, 5.41) is 5.16. The van der Waals surface area contributed by atoms with Gasteiger partial charge in [-0.15, -0.1) is 0 Å². The molecule has 0 fully saturated rings. The summed E-state index contributed by atoms with van der Waals surface area (Å²) in [6, 6.07) is 46.9. The van der Waals surface area contributed by atoms with Crippen molar-refractivity contribution in [2.45, 2.75) is 5.92 Å². The van der Waals surface area contributed by atoms with Gasteiger partial charge < -0.3 is 0 Å². The number of rotatable bonds is 3. The minimum atomic E-state index is 0.408. The summed E-state index contributed by atoms with van der Waals surface area (Å²) in [4.78, 5) is 0. The predicted octanol–water partition coefficient (Wildman–Crippen LogP) is 10.6. The molecule has 0 bridgehead atoms. The molecule has 0 saturated heterocycles. The summed E-state index contributed by atoms with van der Waals surface area (Å²) in [6.45, 7) is 0. The van der Waals surface area contributed by atoms with Crippen LogP contribution in [0.2, 0.25) is 0 Å². The predicted molar refractivity (Wildman–Crippen MR) is 170 cm³/mol. The second-order valence-electron chi connectivity index (χ2n) is 10.9. The van der Waals surface area contributed by atoms with E-state index in [2.05, 4.69) is 158 Å². The van der Waals surface area contributed by atoms with Crippen molar-refractivity contribution in [1.82, 2.24) is 0 Å². The number of hydrogen-bond donors (Lipinski definition) is 0. The molecule has 6 aromatic carbocycles. The molecule has 40 heavy (non-hydrogen) atoms. The van der Waals surface area contributed by atoms with Crippen molar-refractivity contribution >= 4 is 27.1 Å². The summed E-state index contributed by atoms with van der Waals surface area (Å²) in [6.07, 6.45) is 11.5. The van der Waals surface area contributed by atoms with Crippen LogP contribution in [0.25, 0.3) is 49.4 Å². The van der Waals surface area contributed by atoms with E-state index in [4.69, 9.17) is 0 Å². The van der Waals surface area contributed by atoms with E-state index in [1.54, 1.807) is 0 Å². The maximum atomic E-state index is 2.45. The van der Waals surface area contributed by atoms with E-state index >= 15 is 0 Å². The highest BCUT2D eigenvalue weighted by Gasteiger charge is 2.27. The van der Waals surface area contributed by atoms with Crippen LogP contribution in [-0.4, -0.2) is 0 Å². The van der Waals surface area contributed by atoms with E-state index in [-0.39, 0.29) is 0 Å². The van der Waals surface area contributed by atoms with Crippen molar-refractivity contribution in [3.8, 4) is 22.3 Å². The molecule has 0 amide bonds. The molecule has 0 radical (unpaired) electrons. The highest BCUT2D eigenvalue weighted by Crippen LogP contribution is 2.43. The molecule has 2 aliphatic carbocycles. The Kier molecular flexibility index (Phi) is 5.38. The fourth-order valence-corrected chi connectivity index (χ4v) is 6.56. The van der Waals surface area contributed by atoms with Crippen molar-refractivity contribution < 1.29 is 0 Å². The zero-order chi connectivity index (χ0) is 26.5. The van der Waals surface area contributed by atoms with Gasteiger partial charge in [0.15, 0.2) is 0 Å². The van der Waals surface area contributed by atoms with Crippen LogP contribution in [0, 0.1) is 5.92 Å². The fourth-order valence-electron chi connectivity index (χ4n) is 6.56. The van der Waals surface area contributed by atoms with Crippen LogP contribution in [-0.2, 0) is 0 Å². The van der Waals surface area contributed by atoms with E-state index in [0.29, 0.717) is 11.8 Å². The third kappa shape index (κ3) is 3.84. The van der Waals surface area contributed by atoms with Crippen LogP contribution in [0.1, 0.15) is 22.6 Å². The van der Waals surface area contributed by atoms with Crippen molar-refractivity contribution in [2.24, 2.45) is 5.92 Å². The molecule has 6 aromatic rings. The maximum absolute atomic E-state index is 2.45. The average Bonchev–Trinajstić information content (AvgIpc) is 3.04. The Balaban J connectivity index is 1.15. The smallest absolute Gasteiger partial charge is 0.0125 e. The van der Waals surface area contributed by atoms with Crippen LogP contribution in [0.3, 0.4) is 0 Å². The van der Waals surface area contributed by atoms with E-state index in [1.807, 2.05) is 0 Å². The maximum Gasteiger partial charge on any atom is 0.0125 e. The summed E-state index contributed by atoms with van der Waals surface area (Å²) < 4.78 is 0. The van der Waals surface area contributed by atoms with E-state index < -0.39 is 0 Å². The van der Waals surface area contributed by atoms with Gasteiger partial charge >= 0.3 is 0 Å². The molecule has 0 heterocycles. The lowest BCUT2D eigenvalue weighted by molar-refractivity contribution is 0.689. The Morgan fingerprint density at radius 3 is 1.98 bits per heavy atom. The minimum absolute atomic E-state index is 0.408. The Morgan fingerprint density at radius 2 is 1.07 bits per heavy atom. The molecule has 0 saturated carbocycles. The Bertz CT molecular complexity index is 2000. The summed E-state index contributed by atoms with van der Waals surface area (Å²) in [5.41, 5.74) is 10.3. The van der Waals surface area contributed by atoms with Gasteiger partial charge in [-0.3, -0.25) is 0 Å². The molecule has 0 aromatic heterocycles. The first-order chi connectivity index (χ1) is 19.8. The first-order valence-electron chi connectivity index (χ1n) is 14.1. The second-order valence-corrected chi connectivity index (χ2v) is 10.9. The normalized spacial score (nSPS) is 17.4. The number of benzene rings is 6. The third-order valence-electron chi connectivity index (χ3n) is 8.62. The molecule has 0 N–H and O–H groups in total. The Labute approximate surface area is 235 Å². The Hall–Kier alpha value is -4.94. The van der Waals surface area contributed by atoms with Crippen molar-refractivity contribution in [3.05, 3.63) is 174 Å². The number of allylic oxidation sites excluding steroid dienone is 5. The van der Waals surface area contributed by atoms with Gasteiger partial charge in [-0.25, -0.2) is 0 Å². The molecule has 0 nitrogen and oxygen atoms in total. The molecule has 188 valence electrons. The Morgan fingerprint density at radius 1 is 0.425 bits per heavy atom. The topological polar surface area (TPSA) is 0 Å². The van der Waals surface area contributed by atoms with E-state index in [0.717, 1.165) is 0 Å². The molecule has 2 aliphatic rings. The van der Waals surface area contributed by atoms with Crippen molar-refractivity contribution in [1.29, 1.82) is 0 Å². The zero-order valence-corrected chi connectivity index (χ0v) is 22.2. The van der Waals surface area contributed by atoms with Gasteiger partial charge in [0.2, 0.25) is 0 Å². The first-order valence-corrected chi connectivity index (χ1v) is 14.1. The second kappa shape index (κ2) is 9.36. The van der Waals surface area contributed by atoms with Crippen LogP contribution in [0.15, 0.2) is 158 Å². The van der Waals surface area contributed by atoms with Crippen molar-refractivity contribution in [2.75, 3.05) is 0 Å². The van der Waals surface area contributed by atoms with Gasteiger partial charge in [-0.2, -0.15) is 0 Å². The summed E-state index contributed by atoms with van der Waals surface area (Å²) in [5.74, 6) is 0.838. The van der Waals surface area contributed by atoms with Crippen molar-refractivity contribution in [3.63, 3.8) is 0 Å². The van der Waals surface area contributed by atoms with Crippen LogP contribution in [0.4, 0.5) is 0 Å². The van der Waals surface area contributed by atoms with Gasteiger partial charge in [0, 0.05) is 11.8 Å². The molecule has 8 rings (SSSR count). The quantitative estimate of drug-likeness (QED) is 0.209. The summed E-state index contributed by atoms with van der Waals surface area (Å²) >= 11 is 0. The molecule has 2 atom stereocenters.